The highest BCUT2D eigenvalue weighted by atomic mass is 19.1. The number of carbonyl (C=O) groups excluding carboxylic acids is 1. The van der Waals surface area contributed by atoms with Crippen molar-refractivity contribution in [3.63, 3.8) is 0 Å². The van der Waals surface area contributed by atoms with Gasteiger partial charge in [-0.15, -0.1) is 0 Å². The molecule has 150 valence electrons. The first-order valence-corrected chi connectivity index (χ1v) is 10.1. The van der Waals surface area contributed by atoms with Crippen LogP contribution in [0.1, 0.15) is 10.5 Å². The lowest BCUT2D eigenvalue weighted by Gasteiger charge is -2.48. The highest BCUT2D eigenvalue weighted by Crippen LogP contribution is 2.24. The number of hydrogen-bond acceptors (Lipinski definition) is 4. The summed E-state index contributed by atoms with van der Waals surface area (Å²) in [5.41, 5.74) is 2.59. The van der Waals surface area contributed by atoms with Crippen molar-refractivity contribution in [1.29, 1.82) is 0 Å². The Balaban J connectivity index is 1.18. The Morgan fingerprint density at radius 2 is 1.69 bits per heavy atom. The minimum absolute atomic E-state index is 0.0167. The van der Waals surface area contributed by atoms with E-state index >= 15 is 0 Å². The van der Waals surface area contributed by atoms with Gasteiger partial charge in [-0.2, -0.15) is 5.10 Å². The number of aromatic nitrogens is 2. The highest BCUT2D eigenvalue weighted by Gasteiger charge is 2.37. The maximum atomic E-state index is 13.1. The zero-order chi connectivity index (χ0) is 20.0. The second-order valence-corrected chi connectivity index (χ2v) is 7.85. The fraction of sp³-hybridized carbons (Fsp3) is 0.364. The molecular formula is C22H24FN5O. The van der Waals surface area contributed by atoms with Gasteiger partial charge in [0.05, 0.1) is 5.52 Å². The SMILES string of the molecule is Cn1nc(C(=O)N2CC(N3CCN(c4ccc(F)cc4)CC3)C2)c2ccccc21. The summed E-state index contributed by atoms with van der Waals surface area (Å²) >= 11 is 0. The van der Waals surface area contributed by atoms with E-state index in [1.54, 1.807) is 4.68 Å². The van der Waals surface area contributed by atoms with Crippen LogP contribution in [0.15, 0.2) is 48.5 Å². The van der Waals surface area contributed by atoms with E-state index in [9.17, 15) is 9.18 Å². The van der Waals surface area contributed by atoms with Gasteiger partial charge in [0, 0.05) is 63.4 Å². The molecule has 0 radical (unpaired) electrons. The third-order valence-electron chi connectivity index (χ3n) is 6.13. The molecule has 0 saturated carbocycles. The van der Waals surface area contributed by atoms with E-state index < -0.39 is 0 Å². The first kappa shape index (κ1) is 18.1. The number of amides is 1. The number of hydrogen-bond donors (Lipinski definition) is 0. The predicted octanol–water partition coefficient (Wildman–Crippen LogP) is 2.36. The molecule has 2 fully saturated rings. The van der Waals surface area contributed by atoms with Crippen molar-refractivity contribution in [2.45, 2.75) is 6.04 Å². The van der Waals surface area contributed by atoms with Crippen LogP contribution in [0.4, 0.5) is 10.1 Å². The Kier molecular flexibility index (Phi) is 4.47. The first-order chi connectivity index (χ1) is 14.1. The van der Waals surface area contributed by atoms with Crippen molar-refractivity contribution in [1.82, 2.24) is 19.6 Å². The van der Waals surface area contributed by atoms with Gasteiger partial charge in [-0.05, 0) is 30.3 Å². The summed E-state index contributed by atoms with van der Waals surface area (Å²) in [6.07, 6.45) is 0. The molecule has 29 heavy (non-hydrogen) atoms. The van der Waals surface area contributed by atoms with E-state index in [4.69, 9.17) is 0 Å². The van der Waals surface area contributed by atoms with Crippen LogP contribution in [0.2, 0.25) is 0 Å². The average molecular weight is 393 g/mol. The van der Waals surface area contributed by atoms with Crippen LogP contribution in [0.5, 0.6) is 0 Å². The topological polar surface area (TPSA) is 44.6 Å². The number of halogens is 1. The third-order valence-corrected chi connectivity index (χ3v) is 6.13. The molecule has 2 saturated heterocycles. The van der Waals surface area contributed by atoms with E-state index in [2.05, 4.69) is 14.9 Å². The van der Waals surface area contributed by atoms with Gasteiger partial charge >= 0.3 is 0 Å². The lowest BCUT2D eigenvalue weighted by atomic mass is 10.0. The number of anilines is 1. The number of piperazine rings is 1. The van der Waals surface area contributed by atoms with Crippen LogP contribution in [0.3, 0.4) is 0 Å². The van der Waals surface area contributed by atoms with Crippen molar-refractivity contribution in [2.24, 2.45) is 7.05 Å². The van der Waals surface area contributed by atoms with Gasteiger partial charge in [0.2, 0.25) is 0 Å². The van der Waals surface area contributed by atoms with Crippen molar-refractivity contribution >= 4 is 22.5 Å². The van der Waals surface area contributed by atoms with Crippen LogP contribution in [0.25, 0.3) is 10.9 Å². The van der Waals surface area contributed by atoms with Gasteiger partial charge < -0.3 is 9.80 Å². The quantitative estimate of drug-likeness (QED) is 0.685. The fourth-order valence-electron chi connectivity index (χ4n) is 4.37. The van der Waals surface area contributed by atoms with Crippen molar-refractivity contribution < 1.29 is 9.18 Å². The van der Waals surface area contributed by atoms with Gasteiger partial charge in [-0.3, -0.25) is 14.4 Å². The van der Waals surface area contributed by atoms with Gasteiger partial charge in [0.15, 0.2) is 5.69 Å². The lowest BCUT2D eigenvalue weighted by Crippen LogP contribution is -2.64. The average Bonchev–Trinajstić information content (AvgIpc) is 3.05. The number of benzene rings is 2. The van der Waals surface area contributed by atoms with E-state index in [0.29, 0.717) is 11.7 Å². The molecule has 0 spiro atoms. The molecule has 7 heteroatoms. The van der Waals surface area contributed by atoms with E-state index in [0.717, 1.165) is 55.9 Å². The number of carbonyl (C=O) groups is 1. The van der Waals surface area contributed by atoms with Crippen molar-refractivity contribution in [3.8, 4) is 0 Å². The predicted molar refractivity (Wildman–Crippen MR) is 111 cm³/mol. The number of nitrogens with zero attached hydrogens (tertiary/aromatic N) is 5. The molecule has 0 unspecified atom stereocenters. The third kappa shape index (κ3) is 3.25. The van der Waals surface area contributed by atoms with Crippen molar-refractivity contribution in [2.75, 3.05) is 44.2 Å². The van der Waals surface area contributed by atoms with Crippen LogP contribution in [0, 0.1) is 5.82 Å². The molecular weight excluding hydrogens is 369 g/mol. The zero-order valence-corrected chi connectivity index (χ0v) is 16.5. The maximum absolute atomic E-state index is 13.1. The van der Waals surface area contributed by atoms with Crippen molar-refractivity contribution in [3.05, 3.63) is 60.0 Å². The number of fused-ring (bicyclic) bond motifs is 1. The van der Waals surface area contributed by atoms with Gasteiger partial charge in [-0.25, -0.2) is 4.39 Å². The zero-order valence-electron chi connectivity index (χ0n) is 16.5. The Labute approximate surface area is 169 Å². The molecule has 3 heterocycles. The molecule has 1 aromatic heterocycles. The highest BCUT2D eigenvalue weighted by molar-refractivity contribution is 6.05. The molecule has 3 aromatic rings. The monoisotopic (exact) mass is 393 g/mol. The standard InChI is InChI=1S/C22H24FN5O/c1-25-20-5-3-2-4-19(20)21(24-25)22(29)28-14-18(15-28)27-12-10-26(11-13-27)17-8-6-16(23)7-9-17/h2-9,18H,10-15H2,1H3. The lowest BCUT2D eigenvalue weighted by molar-refractivity contribution is 0.0243. The van der Waals surface area contributed by atoms with Gasteiger partial charge in [0.1, 0.15) is 5.82 Å². The minimum Gasteiger partial charge on any atom is -0.369 e. The first-order valence-electron chi connectivity index (χ1n) is 10.1. The molecule has 0 N–H and O–H groups in total. The molecule has 0 aliphatic carbocycles. The molecule has 6 nitrogen and oxygen atoms in total. The second-order valence-electron chi connectivity index (χ2n) is 7.85. The number of aryl methyl sites for hydroxylation is 1. The fourth-order valence-corrected chi connectivity index (χ4v) is 4.37. The molecule has 2 aliphatic heterocycles. The van der Waals surface area contributed by atoms with Crippen LogP contribution >= 0.6 is 0 Å². The molecule has 0 bridgehead atoms. The van der Waals surface area contributed by atoms with Crippen LogP contribution < -0.4 is 4.90 Å². The number of rotatable bonds is 3. The summed E-state index contributed by atoms with van der Waals surface area (Å²) in [4.78, 5) is 19.6. The van der Waals surface area contributed by atoms with E-state index in [1.807, 2.05) is 48.3 Å². The van der Waals surface area contributed by atoms with Gasteiger partial charge in [0.25, 0.3) is 5.91 Å². The maximum Gasteiger partial charge on any atom is 0.275 e. The molecule has 2 aliphatic rings. The second kappa shape index (κ2) is 7.15. The molecule has 5 rings (SSSR count). The van der Waals surface area contributed by atoms with Crippen LogP contribution in [-0.4, -0.2) is 70.8 Å². The summed E-state index contributed by atoms with van der Waals surface area (Å²) in [7, 11) is 1.87. The molecule has 2 aromatic carbocycles. The minimum atomic E-state index is -0.202. The summed E-state index contributed by atoms with van der Waals surface area (Å²) < 4.78 is 14.9. The summed E-state index contributed by atoms with van der Waals surface area (Å²) in [6.45, 7) is 5.25. The van der Waals surface area contributed by atoms with Gasteiger partial charge in [-0.1, -0.05) is 18.2 Å². The largest absolute Gasteiger partial charge is 0.369 e. The number of para-hydroxylation sites is 1. The summed E-state index contributed by atoms with van der Waals surface area (Å²) in [5, 5.41) is 5.37. The summed E-state index contributed by atoms with van der Waals surface area (Å²) in [6, 6.07) is 15.0. The normalized spacial score (nSPS) is 18.3. The van der Waals surface area contributed by atoms with E-state index in [-0.39, 0.29) is 11.7 Å². The number of likely N-dealkylation sites (tertiary alicyclic amines) is 1. The molecule has 0 atom stereocenters. The Hall–Kier alpha value is -2.93. The Bertz CT molecular complexity index is 1030. The Morgan fingerprint density at radius 1 is 1.00 bits per heavy atom. The van der Waals surface area contributed by atoms with E-state index in [1.165, 1.54) is 12.1 Å². The summed E-state index contributed by atoms with van der Waals surface area (Å²) in [5.74, 6) is -0.185. The molecule has 1 amide bonds. The smallest absolute Gasteiger partial charge is 0.275 e. The van der Waals surface area contributed by atoms with Crippen LogP contribution in [-0.2, 0) is 7.05 Å². The Morgan fingerprint density at radius 3 is 2.41 bits per heavy atom.